The number of carbonyl (C=O) groups excluding carboxylic acids is 1. The van der Waals surface area contributed by atoms with Crippen LogP contribution in [0.2, 0.25) is 0 Å². The summed E-state index contributed by atoms with van der Waals surface area (Å²) in [7, 11) is 0. The standard InChI is InChI=1S/C19H22N4O5/c1-4-8-15-20-17(28-21-15)12(3)27-16(24)11-23-14-10-7-6-9-13(14)18(25)22(5-2)19(23)26/h6-7,9-10,12H,4-5,8,11H2,1-3H3. The molecule has 28 heavy (non-hydrogen) atoms. The fraction of sp³-hybridized carbons (Fsp3) is 0.421. The second-order valence-electron chi connectivity index (χ2n) is 6.37. The van der Waals surface area contributed by atoms with Crippen molar-refractivity contribution >= 4 is 16.9 Å². The Kier molecular flexibility index (Phi) is 5.72. The summed E-state index contributed by atoms with van der Waals surface area (Å²) in [4.78, 5) is 41.8. The summed E-state index contributed by atoms with van der Waals surface area (Å²) in [6.45, 7) is 5.19. The molecule has 3 rings (SSSR count). The average molecular weight is 386 g/mol. The summed E-state index contributed by atoms with van der Waals surface area (Å²) in [5, 5.41) is 4.20. The van der Waals surface area contributed by atoms with Crippen molar-refractivity contribution in [1.29, 1.82) is 0 Å². The van der Waals surface area contributed by atoms with Crippen molar-refractivity contribution in [2.24, 2.45) is 0 Å². The zero-order valence-corrected chi connectivity index (χ0v) is 16.0. The maximum atomic E-state index is 12.7. The number of fused-ring (bicyclic) bond motifs is 1. The monoisotopic (exact) mass is 386 g/mol. The fourth-order valence-electron chi connectivity index (χ4n) is 2.97. The number of rotatable bonds is 7. The number of esters is 1. The lowest BCUT2D eigenvalue weighted by Crippen LogP contribution is -2.41. The summed E-state index contributed by atoms with van der Waals surface area (Å²) in [5.74, 6) is 0.112. The lowest BCUT2D eigenvalue weighted by atomic mass is 10.2. The van der Waals surface area contributed by atoms with E-state index in [0.717, 1.165) is 11.0 Å². The Balaban J connectivity index is 1.86. The number of carbonyl (C=O) groups is 1. The van der Waals surface area contributed by atoms with Gasteiger partial charge in [0.25, 0.3) is 11.4 Å². The van der Waals surface area contributed by atoms with Gasteiger partial charge in [-0.1, -0.05) is 24.2 Å². The van der Waals surface area contributed by atoms with Crippen LogP contribution in [0.3, 0.4) is 0 Å². The first kappa shape index (κ1) is 19.5. The van der Waals surface area contributed by atoms with Crippen LogP contribution in [-0.4, -0.2) is 25.2 Å². The van der Waals surface area contributed by atoms with E-state index in [1.807, 2.05) is 6.92 Å². The summed E-state index contributed by atoms with van der Waals surface area (Å²) in [6.07, 6.45) is 0.796. The van der Waals surface area contributed by atoms with Crippen molar-refractivity contribution in [3.8, 4) is 0 Å². The van der Waals surface area contributed by atoms with E-state index >= 15 is 0 Å². The third-order valence-electron chi connectivity index (χ3n) is 4.35. The molecule has 0 radical (unpaired) electrons. The van der Waals surface area contributed by atoms with E-state index in [1.54, 1.807) is 38.1 Å². The fourth-order valence-corrected chi connectivity index (χ4v) is 2.97. The molecule has 0 aliphatic rings. The largest absolute Gasteiger partial charge is 0.451 e. The van der Waals surface area contributed by atoms with E-state index < -0.39 is 17.8 Å². The third-order valence-corrected chi connectivity index (χ3v) is 4.35. The van der Waals surface area contributed by atoms with Gasteiger partial charge in [0.2, 0.25) is 0 Å². The van der Waals surface area contributed by atoms with Crippen LogP contribution in [-0.2, 0) is 29.0 Å². The predicted octanol–water partition coefficient (Wildman–Crippen LogP) is 1.82. The molecule has 1 atom stereocenters. The Labute approximate surface area is 160 Å². The summed E-state index contributed by atoms with van der Waals surface area (Å²) in [6, 6.07) is 6.67. The van der Waals surface area contributed by atoms with E-state index in [-0.39, 0.29) is 24.5 Å². The Morgan fingerprint density at radius 2 is 1.96 bits per heavy atom. The molecular weight excluding hydrogens is 364 g/mol. The van der Waals surface area contributed by atoms with Gasteiger partial charge in [0.05, 0.1) is 10.9 Å². The van der Waals surface area contributed by atoms with E-state index in [4.69, 9.17) is 9.26 Å². The molecule has 0 aliphatic heterocycles. The average Bonchev–Trinajstić information content (AvgIpc) is 3.15. The van der Waals surface area contributed by atoms with Crippen molar-refractivity contribution in [3.63, 3.8) is 0 Å². The van der Waals surface area contributed by atoms with Crippen LogP contribution in [0.4, 0.5) is 0 Å². The molecule has 0 bridgehead atoms. The quantitative estimate of drug-likeness (QED) is 0.570. The lowest BCUT2D eigenvalue weighted by Gasteiger charge is -2.14. The van der Waals surface area contributed by atoms with Crippen LogP contribution in [0.5, 0.6) is 0 Å². The SMILES string of the molecule is CCCc1noc(C(C)OC(=O)Cn2c(=O)n(CC)c(=O)c3ccccc32)n1. The lowest BCUT2D eigenvalue weighted by molar-refractivity contribution is -0.150. The number of benzene rings is 1. The zero-order valence-electron chi connectivity index (χ0n) is 16.0. The molecule has 0 saturated carbocycles. The van der Waals surface area contributed by atoms with Gasteiger partial charge in [0.15, 0.2) is 11.9 Å². The molecule has 1 unspecified atom stereocenters. The topological polar surface area (TPSA) is 109 Å². The van der Waals surface area contributed by atoms with Gasteiger partial charge in [-0.15, -0.1) is 0 Å². The van der Waals surface area contributed by atoms with Gasteiger partial charge >= 0.3 is 11.7 Å². The maximum absolute atomic E-state index is 12.7. The minimum atomic E-state index is -0.746. The highest BCUT2D eigenvalue weighted by Gasteiger charge is 2.20. The highest BCUT2D eigenvalue weighted by Crippen LogP contribution is 2.16. The number of nitrogens with zero attached hydrogens (tertiary/aromatic N) is 4. The summed E-state index contributed by atoms with van der Waals surface area (Å²) < 4.78 is 12.8. The minimum absolute atomic E-state index is 0.201. The first-order chi connectivity index (χ1) is 13.5. The van der Waals surface area contributed by atoms with Crippen LogP contribution in [0.1, 0.15) is 45.0 Å². The smallest absolute Gasteiger partial charge is 0.332 e. The molecule has 0 N–H and O–H groups in total. The van der Waals surface area contributed by atoms with Gasteiger partial charge in [-0.2, -0.15) is 4.98 Å². The van der Waals surface area contributed by atoms with Crippen molar-refractivity contribution in [2.75, 3.05) is 0 Å². The summed E-state index contributed by atoms with van der Waals surface area (Å²) in [5.41, 5.74) is -0.552. The van der Waals surface area contributed by atoms with E-state index in [9.17, 15) is 14.4 Å². The first-order valence-electron chi connectivity index (χ1n) is 9.20. The minimum Gasteiger partial charge on any atom is -0.451 e. The number of hydrogen-bond donors (Lipinski definition) is 0. The first-order valence-corrected chi connectivity index (χ1v) is 9.20. The highest BCUT2D eigenvalue weighted by atomic mass is 16.6. The van der Waals surface area contributed by atoms with Gasteiger partial charge in [0.1, 0.15) is 6.54 Å². The predicted molar refractivity (Wildman–Crippen MR) is 101 cm³/mol. The molecule has 0 amide bonds. The Hall–Kier alpha value is -3.23. The van der Waals surface area contributed by atoms with Crippen LogP contribution >= 0.6 is 0 Å². The molecule has 2 aromatic heterocycles. The van der Waals surface area contributed by atoms with Crippen LogP contribution in [0.15, 0.2) is 38.4 Å². The van der Waals surface area contributed by atoms with Crippen LogP contribution in [0.25, 0.3) is 10.9 Å². The van der Waals surface area contributed by atoms with Crippen LogP contribution < -0.4 is 11.2 Å². The van der Waals surface area contributed by atoms with Gasteiger partial charge in [-0.3, -0.25) is 18.7 Å². The van der Waals surface area contributed by atoms with Gasteiger partial charge in [-0.25, -0.2) is 4.79 Å². The van der Waals surface area contributed by atoms with Crippen molar-refractivity contribution < 1.29 is 14.1 Å². The van der Waals surface area contributed by atoms with E-state index in [1.165, 1.54) is 4.57 Å². The van der Waals surface area contributed by atoms with E-state index in [0.29, 0.717) is 23.1 Å². The van der Waals surface area contributed by atoms with Gasteiger partial charge in [0, 0.05) is 13.0 Å². The molecule has 9 nitrogen and oxygen atoms in total. The zero-order chi connectivity index (χ0) is 20.3. The van der Waals surface area contributed by atoms with Gasteiger partial charge < -0.3 is 9.26 Å². The molecule has 2 heterocycles. The molecule has 1 aromatic carbocycles. The van der Waals surface area contributed by atoms with Crippen molar-refractivity contribution in [3.05, 3.63) is 56.8 Å². The number of ether oxygens (including phenoxy) is 1. The molecule has 0 aliphatic carbocycles. The molecule has 0 saturated heterocycles. The van der Waals surface area contributed by atoms with Crippen molar-refractivity contribution in [2.45, 2.75) is 52.8 Å². The number of aromatic nitrogens is 4. The molecule has 3 aromatic rings. The second-order valence-corrected chi connectivity index (χ2v) is 6.37. The highest BCUT2D eigenvalue weighted by molar-refractivity contribution is 5.80. The van der Waals surface area contributed by atoms with Crippen LogP contribution in [0, 0.1) is 0 Å². The Morgan fingerprint density at radius 1 is 1.21 bits per heavy atom. The molecule has 0 fully saturated rings. The Bertz CT molecular complexity index is 1110. The third kappa shape index (κ3) is 3.73. The molecule has 148 valence electrons. The molecule has 0 spiro atoms. The van der Waals surface area contributed by atoms with E-state index in [2.05, 4.69) is 10.1 Å². The number of aryl methyl sites for hydroxylation is 1. The van der Waals surface area contributed by atoms with Gasteiger partial charge in [-0.05, 0) is 32.4 Å². The summed E-state index contributed by atoms with van der Waals surface area (Å²) >= 11 is 0. The number of hydrogen-bond acceptors (Lipinski definition) is 7. The number of para-hydroxylation sites is 1. The maximum Gasteiger partial charge on any atom is 0.332 e. The normalized spacial score (nSPS) is 12.2. The second kappa shape index (κ2) is 8.20. The Morgan fingerprint density at radius 3 is 2.68 bits per heavy atom. The van der Waals surface area contributed by atoms with Crippen molar-refractivity contribution in [1.82, 2.24) is 19.3 Å². The molecule has 9 heteroatoms. The molecular formula is C19H22N4O5.